The van der Waals surface area contributed by atoms with Gasteiger partial charge >= 0.3 is 12.2 Å². The Morgan fingerprint density at radius 3 is 2.74 bits per heavy atom. The van der Waals surface area contributed by atoms with E-state index in [2.05, 4.69) is 10.4 Å². The van der Waals surface area contributed by atoms with Crippen molar-refractivity contribution in [1.29, 1.82) is 0 Å². The second-order valence-electron chi connectivity index (χ2n) is 7.92. The normalized spacial score (nSPS) is 18.0. The van der Waals surface area contributed by atoms with Gasteiger partial charge in [0.1, 0.15) is 18.1 Å². The SMILES string of the molecule is CN1OC(C(=O)NCC(F)(F)F)Cn2nc3c(c2C1=O)CN(C(=O)Nc1ccc(F)c(Cl)c1)CC3. The van der Waals surface area contributed by atoms with Crippen LogP contribution in [0.4, 0.5) is 28.0 Å². The number of hydrogen-bond acceptors (Lipinski definition) is 5. The quantitative estimate of drug-likeness (QED) is 0.606. The van der Waals surface area contributed by atoms with Gasteiger partial charge in [0.25, 0.3) is 11.8 Å². The van der Waals surface area contributed by atoms with E-state index >= 15 is 0 Å². The summed E-state index contributed by atoms with van der Waals surface area (Å²) < 4.78 is 52.0. The highest BCUT2D eigenvalue weighted by Gasteiger charge is 2.38. The lowest BCUT2D eigenvalue weighted by molar-refractivity contribution is -0.173. The molecule has 2 N–H and O–H groups in total. The molecule has 2 aliphatic rings. The van der Waals surface area contributed by atoms with Gasteiger partial charge in [-0.2, -0.15) is 18.3 Å². The lowest BCUT2D eigenvalue weighted by Gasteiger charge is -2.27. The van der Waals surface area contributed by atoms with E-state index in [9.17, 15) is 31.9 Å². The number of benzene rings is 1. The maximum atomic E-state index is 13.4. The average molecular weight is 519 g/mol. The number of alkyl halides is 3. The molecule has 1 aromatic heterocycles. The van der Waals surface area contributed by atoms with Gasteiger partial charge in [-0.1, -0.05) is 11.6 Å². The number of hydroxylamine groups is 2. The monoisotopic (exact) mass is 518 g/mol. The van der Waals surface area contributed by atoms with Gasteiger partial charge in [-0.25, -0.2) is 14.2 Å². The third-order valence-corrected chi connectivity index (χ3v) is 5.72. The number of halogens is 5. The van der Waals surface area contributed by atoms with Gasteiger partial charge in [0, 0.05) is 31.3 Å². The molecular formula is C20H19ClF4N6O4. The van der Waals surface area contributed by atoms with Crippen LogP contribution in [0.1, 0.15) is 21.7 Å². The summed E-state index contributed by atoms with van der Waals surface area (Å²) in [5, 5.41) is 9.29. The number of hydrogen-bond donors (Lipinski definition) is 2. The first-order valence-electron chi connectivity index (χ1n) is 10.3. The van der Waals surface area contributed by atoms with Crippen molar-refractivity contribution < 1.29 is 36.8 Å². The van der Waals surface area contributed by atoms with E-state index in [1.807, 2.05) is 0 Å². The Balaban J connectivity index is 1.52. The van der Waals surface area contributed by atoms with Crippen LogP contribution in [0.5, 0.6) is 0 Å². The van der Waals surface area contributed by atoms with Crippen molar-refractivity contribution in [3.63, 3.8) is 0 Å². The molecule has 1 atom stereocenters. The number of nitrogens with zero attached hydrogens (tertiary/aromatic N) is 4. The molecule has 4 rings (SSSR count). The molecule has 0 saturated heterocycles. The summed E-state index contributed by atoms with van der Waals surface area (Å²) in [4.78, 5) is 44.6. The van der Waals surface area contributed by atoms with E-state index in [0.29, 0.717) is 11.3 Å². The van der Waals surface area contributed by atoms with E-state index < -0.39 is 42.5 Å². The summed E-state index contributed by atoms with van der Waals surface area (Å²) in [7, 11) is 1.23. The number of carbonyl (C=O) groups excluding carboxylic acids is 3. The lowest BCUT2D eigenvalue weighted by atomic mass is 10.1. The van der Waals surface area contributed by atoms with Gasteiger partial charge < -0.3 is 15.5 Å². The summed E-state index contributed by atoms with van der Waals surface area (Å²) in [6.45, 7) is -1.60. The first kappa shape index (κ1) is 24.7. The smallest absolute Gasteiger partial charge is 0.345 e. The van der Waals surface area contributed by atoms with Crippen LogP contribution in [0.15, 0.2) is 18.2 Å². The van der Waals surface area contributed by atoms with Crippen LogP contribution in [0, 0.1) is 5.82 Å². The lowest BCUT2D eigenvalue weighted by Crippen LogP contribution is -2.44. The Bertz CT molecular complexity index is 1190. The first-order chi connectivity index (χ1) is 16.4. The zero-order valence-electron chi connectivity index (χ0n) is 18.2. The summed E-state index contributed by atoms with van der Waals surface area (Å²) in [6, 6.07) is 3.20. The van der Waals surface area contributed by atoms with Gasteiger partial charge in [0.05, 0.1) is 23.8 Å². The minimum absolute atomic E-state index is 0.00402. The summed E-state index contributed by atoms with van der Waals surface area (Å²) in [5.74, 6) is -2.36. The van der Waals surface area contributed by atoms with E-state index in [0.717, 1.165) is 11.1 Å². The van der Waals surface area contributed by atoms with Gasteiger partial charge in [0.15, 0.2) is 6.10 Å². The zero-order valence-corrected chi connectivity index (χ0v) is 18.9. The number of rotatable bonds is 3. The van der Waals surface area contributed by atoms with E-state index in [1.165, 1.54) is 28.8 Å². The van der Waals surface area contributed by atoms with E-state index in [4.69, 9.17) is 16.4 Å². The van der Waals surface area contributed by atoms with Crippen LogP contribution in [0.2, 0.25) is 5.02 Å². The molecule has 0 spiro atoms. The van der Waals surface area contributed by atoms with Crippen molar-refractivity contribution >= 4 is 35.1 Å². The molecule has 0 bridgehead atoms. The highest BCUT2D eigenvalue weighted by molar-refractivity contribution is 6.31. The van der Waals surface area contributed by atoms with Crippen molar-refractivity contribution in [2.45, 2.75) is 31.8 Å². The molecule has 1 aromatic carbocycles. The van der Waals surface area contributed by atoms with E-state index in [-0.39, 0.29) is 42.5 Å². The number of anilines is 1. The summed E-state index contributed by atoms with van der Waals surface area (Å²) in [5.41, 5.74) is 1.29. The Kier molecular flexibility index (Phi) is 6.60. The number of carbonyl (C=O) groups is 3. The van der Waals surface area contributed by atoms with Crippen LogP contribution < -0.4 is 10.6 Å². The molecule has 0 saturated carbocycles. The second kappa shape index (κ2) is 9.34. The van der Waals surface area contributed by atoms with Crippen molar-refractivity contribution in [2.24, 2.45) is 0 Å². The number of fused-ring (bicyclic) bond motifs is 3. The zero-order chi connectivity index (χ0) is 25.5. The minimum atomic E-state index is -4.61. The summed E-state index contributed by atoms with van der Waals surface area (Å²) in [6.07, 6.45) is -5.76. The fraction of sp³-hybridized carbons (Fsp3) is 0.400. The van der Waals surface area contributed by atoms with Crippen molar-refractivity contribution in [3.8, 4) is 0 Å². The van der Waals surface area contributed by atoms with Gasteiger partial charge in [0.2, 0.25) is 0 Å². The predicted molar refractivity (Wildman–Crippen MR) is 113 cm³/mol. The largest absolute Gasteiger partial charge is 0.405 e. The Hall–Kier alpha value is -3.39. The topological polar surface area (TPSA) is 109 Å². The molecule has 10 nitrogen and oxygen atoms in total. The highest BCUT2D eigenvalue weighted by atomic mass is 35.5. The molecular weight excluding hydrogens is 500 g/mol. The molecule has 3 heterocycles. The minimum Gasteiger partial charge on any atom is -0.345 e. The second-order valence-corrected chi connectivity index (χ2v) is 8.32. The van der Waals surface area contributed by atoms with Crippen molar-refractivity contribution in [2.75, 3.05) is 25.5 Å². The van der Waals surface area contributed by atoms with Crippen LogP contribution in [0.25, 0.3) is 0 Å². The molecule has 2 aliphatic heterocycles. The van der Waals surface area contributed by atoms with Gasteiger partial charge in [-0.3, -0.25) is 19.1 Å². The van der Waals surface area contributed by atoms with Gasteiger partial charge in [-0.15, -0.1) is 0 Å². The van der Waals surface area contributed by atoms with Crippen LogP contribution in [-0.4, -0.2) is 70.0 Å². The molecule has 0 fully saturated rings. The predicted octanol–water partition coefficient (Wildman–Crippen LogP) is 2.33. The Morgan fingerprint density at radius 2 is 2.06 bits per heavy atom. The standard InChI is InChI=1S/C20H19ClF4N6O4/c1-29-18(33)16-11-7-30(19(34)27-10-2-3-13(22)12(21)6-10)5-4-14(11)28-31(16)8-15(35-29)17(32)26-9-20(23,24)25/h2-3,6,15H,4-5,7-9H2,1H3,(H,26,32)(H,27,34). The van der Waals surface area contributed by atoms with Crippen LogP contribution in [0.3, 0.4) is 0 Å². The molecule has 4 amide bonds. The molecule has 2 aromatic rings. The first-order valence-corrected chi connectivity index (χ1v) is 10.7. The Morgan fingerprint density at radius 1 is 1.31 bits per heavy atom. The number of urea groups is 1. The maximum absolute atomic E-state index is 13.4. The number of aromatic nitrogens is 2. The molecule has 1 unspecified atom stereocenters. The van der Waals surface area contributed by atoms with Crippen molar-refractivity contribution in [3.05, 3.63) is 46.0 Å². The van der Waals surface area contributed by atoms with Crippen LogP contribution >= 0.6 is 11.6 Å². The molecule has 0 radical (unpaired) electrons. The van der Waals surface area contributed by atoms with Crippen LogP contribution in [-0.2, 0) is 29.1 Å². The Labute approximate surface area is 200 Å². The fourth-order valence-corrected chi connectivity index (χ4v) is 3.94. The highest BCUT2D eigenvalue weighted by Crippen LogP contribution is 2.27. The fourth-order valence-electron chi connectivity index (χ4n) is 3.76. The molecule has 35 heavy (non-hydrogen) atoms. The third-order valence-electron chi connectivity index (χ3n) is 5.43. The van der Waals surface area contributed by atoms with Gasteiger partial charge in [-0.05, 0) is 18.2 Å². The number of nitrogens with one attached hydrogen (secondary N) is 2. The summed E-state index contributed by atoms with van der Waals surface area (Å²) >= 11 is 5.75. The average Bonchev–Trinajstić information content (AvgIpc) is 3.09. The maximum Gasteiger partial charge on any atom is 0.405 e. The van der Waals surface area contributed by atoms with E-state index in [1.54, 1.807) is 5.32 Å². The molecule has 0 aliphatic carbocycles. The molecule has 188 valence electrons. The number of amides is 4. The molecule has 15 heteroatoms. The third kappa shape index (κ3) is 5.32. The van der Waals surface area contributed by atoms with Crippen molar-refractivity contribution in [1.82, 2.24) is 25.1 Å².